The molecule has 0 aliphatic carbocycles. The van der Waals surface area contributed by atoms with Crippen molar-refractivity contribution < 1.29 is 18.3 Å². The molecule has 1 aliphatic rings. The first-order chi connectivity index (χ1) is 10.1. The Morgan fingerprint density at radius 1 is 1.00 bits per heavy atom. The van der Waals surface area contributed by atoms with Gasteiger partial charge in [0.15, 0.2) is 11.5 Å². The molecule has 0 fully saturated rings. The first-order valence-electron chi connectivity index (χ1n) is 6.36. The summed E-state index contributed by atoms with van der Waals surface area (Å²) in [4.78, 5) is 0. The first-order valence-corrected chi connectivity index (χ1v) is 7.15. The van der Waals surface area contributed by atoms with E-state index in [0.717, 1.165) is 12.1 Å². The Morgan fingerprint density at radius 3 is 2.48 bits per heavy atom. The van der Waals surface area contributed by atoms with E-state index in [4.69, 9.17) is 15.2 Å². The quantitative estimate of drug-likeness (QED) is 0.838. The predicted octanol–water partition coefficient (Wildman–Crippen LogP) is 3.55. The highest BCUT2D eigenvalue weighted by Gasteiger charge is 2.19. The minimum Gasteiger partial charge on any atom is -0.486 e. The summed E-state index contributed by atoms with van der Waals surface area (Å²) in [6.07, 6.45) is 0. The van der Waals surface area contributed by atoms with Crippen molar-refractivity contribution in [2.24, 2.45) is 5.73 Å². The van der Waals surface area contributed by atoms with Gasteiger partial charge in [0.25, 0.3) is 0 Å². The molecule has 1 atom stereocenters. The molecular weight excluding hydrogens is 344 g/mol. The number of hydrogen-bond acceptors (Lipinski definition) is 3. The monoisotopic (exact) mass is 355 g/mol. The highest BCUT2D eigenvalue weighted by Crippen LogP contribution is 2.34. The molecule has 21 heavy (non-hydrogen) atoms. The third-order valence-corrected chi connectivity index (χ3v) is 3.91. The van der Waals surface area contributed by atoms with Gasteiger partial charge in [-0.25, -0.2) is 8.78 Å². The number of halogens is 3. The van der Waals surface area contributed by atoms with Gasteiger partial charge in [0.05, 0.1) is 10.5 Å². The van der Waals surface area contributed by atoms with Crippen LogP contribution in [0.2, 0.25) is 0 Å². The van der Waals surface area contributed by atoms with Crippen molar-refractivity contribution in [1.82, 2.24) is 0 Å². The lowest BCUT2D eigenvalue weighted by atomic mass is 9.98. The molecule has 0 amide bonds. The second-order valence-electron chi connectivity index (χ2n) is 4.67. The van der Waals surface area contributed by atoms with Crippen LogP contribution in [-0.2, 0) is 0 Å². The van der Waals surface area contributed by atoms with Crippen molar-refractivity contribution in [3.05, 3.63) is 57.6 Å². The van der Waals surface area contributed by atoms with Crippen LogP contribution in [-0.4, -0.2) is 13.2 Å². The van der Waals surface area contributed by atoms with E-state index in [0.29, 0.717) is 30.3 Å². The van der Waals surface area contributed by atoms with Gasteiger partial charge >= 0.3 is 0 Å². The van der Waals surface area contributed by atoms with Gasteiger partial charge in [-0.2, -0.15) is 0 Å². The summed E-state index contributed by atoms with van der Waals surface area (Å²) in [5, 5.41) is 0. The molecule has 2 aromatic carbocycles. The van der Waals surface area contributed by atoms with Crippen molar-refractivity contribution in [1.29, 1.82) is 0 Å². The maximum Gasteiger partial charge on any atom is 0.161 e. The summed E-state index contributed by atoms with van der Waals surface area (Å²) in [7, 11) is 0. The Morgan fingerprint density at radius 2 is 1.71 bits per heavy atom. The zero-order chi connectivity index (χ0) is 15.0. The summed E-state index contributed by atoms with van der Waals surface area (Å²) < 4.78 is 38.5. The van der Waals surface area contributed by atoms with Crippen LogP contribution >= 0.6 is 15.9 Å². The van der Waals surface area contributed by atoms with E-state index in [-0.39, 0.29) is 10.0 Å². The number of fused-ring (bicyclic) bond motifs is 1. The smallest absolute Gasteiger partial charge is 0.161 e. The van der Waals surface area contributed by atoms with Crippen LogP contribution in [0.4, 0.5) is 8.78 Å². The van der Waals surface area contributed by atoms with E-state index in [1.807, 2.05) is 0 Å². The molecule has 110 valence electrons. The molecule has 1 heterocycles. The van der Waals surface area contributed by atoms with Crippen molar-refractivity contribution in [3.63, 3.8) is 0 Å². The molecule has 1 aliphatic heterocycles. The average Bonchev–Trinajstić information content (AvgIpc) is 2.50. The number of benzene rings is 2. The molecule has 0 spiro atoms. The predicted molar refractivity (Wildman–Crippen MR) is 77.5 cm³/mol. The maximum absolute atomic E-state index is 14.0. The minimum absolute atomic E-state index is 0.0677. The van der Waals surface area contributed by atoms with Crippen LogP contribution in [0.3, 0.4) is 0 Å². The summed E-state index contributed by atoms with van der Waals surface area (Å²) >= 11 is 2.94. The molecule has 0 saturated carbocycles. The van der Waals surface area contributed by atoms with E-state index in [1.165, 1.54) is 0 Å². The Labute approximate surface area is 128 Å². The fraction of sp³-hybridized carbons (Fsp3) is 0.200. The number of rotatable bonds is 2. The van der Waals surface area contributed by atoms with Crippen LogP contribution in [0, 0.1) is 11.6 Å². The van der Waals surface area contributed by atoms with Gasteiger partial charge in [-0.1, -0.05) is 6.07 Å². The highest BCUT2D eigenvalue weighted by atomic mass is 79.9. The number of hydrogen-bond donors (Lipinski definition) is 1. The van der Waals surface area contributed by atoms with Gasteiger partial charge in [-0.3, -0.25) is 0 Å². The lowest BCUT2D eigenvalue weighted by molar-refractivity contribution is 0.171. The van der Waals surface area contributed by atoms with Gasteiger partial charge in [0.2, 0.25) is 0 Å². The van der Waals surface area contributed by atoms with E-state index in [1.54, 1.807) is 18.2 Å². The van der Waals surface area contributed by atoms with Crippen LogP contribution < -0.4 is 15.2 Å². The van der Waals surface area contributed by atoms with Gasteiger partial charge in [0, 0.05) is 5.56 Å². The summed E-state index contributed by atoms with van der Waals surface area (Å²) in [5.41, 5.74) is 6.77. The van der Waals surface area contributed by atoms with E-state index >= 15 is 0 Å². The Kier molecular flexibility index (Phi) is 3.82. The molecule has 2 aromatic rings. The van der Waals surface area contributed by atoms with Gasteiger partial charge in [-0.05, 0) is 45.8 Å². The van der Waals surface area contributed by atoms with Crippen molar-refractivity contribution in [2.75, 3.05) is 13.2 Å². The highest BCUT2D eigenvalue weighted by molar-refractivity contribution is 9.10. The SMILES string of the molecule is NC(c1ccc2c(c1)OCCO2)c1cc(F)c(Br)cc1F. The zero-order valence-corrected chi connectivity index (χ0v) is 12.5. The second-order valence-corrected chi connectivity index (χ2v) is 5.52. The Hall–Kier alpha value is -1.66. The molecular formula is C15H12BrF2NO2. The molecule has 0 bridgehead atoms. The second kappa shape index (κ2) is 5.61. The lowest BCUT2D eigenvalue weighted by Crippen LogP contribution is -2.18. The van der Waals surface area contributed by atoms with Crippen molar-refractivity contribution in [2.45, 2.75) is 6.04 Å². The van der Waals surface area contributed by atoms with Crippen molar-refractivity contribution >= 4 is 15.9 Å². The van der Waals surface area contributed by atoms with Crippen LogP contribution in [0.15, 0.2) is 34.8 Å². The molecule has 6 heteroatoms. The molecule has 3 nitrogen and oxygen atoms in total. The van der Waals surface area contributed by atoms with E-state index < -0.39 is 17.7 Å². The fourth-order valence-corrected chi connectivity index (χ4v) is 2.52. The normalized spacial score (nSPS) is 14.9. The molecule has 3 rings (SSSR count). The minimum atomic E-state index is -0.788. The van der Waals surface area contributed by atoms with Gasteiger partial charge in [-0.15, -0.1) is 0 Å². The molecule has 2 N–H and O–H groups in total. The number of ether oxygens (including phenoxy) is 2. The van der Waals surface area contributed by atoms with Gasteiger partial charge < -0.3 is 15.2 Å². The Bertz CT molecular complexity index is 694. The average molecular weight is 356 g/mol. The third-order valence-electron chi connectivity index (χ3n) is 3.30. The largest absolute Gasteiger partial charge is 0.486 e. The third kappa shape index (κ3) is 2.73. The van der Waals surface area contributed by atoms with Crippen LogP contribution in [0.5, 0.6) is 11.5 Å². The zero-order valence-electron chi connectivity index (χ0n) is 10.9. The summed E-state index contributed by atoms with van der Waals surface area (Å²) in [5.74, 6) is 0.0666. The molecule has 0 radical (unpaired) electrons. The summed E-state index contributed by atoms with van der Waals surface area (Å²) in [6, 6.07) is 6.51. The number of nitrogens with two attached hydrogens (primary N) is 1. The summed E-state index contributed by atoms with van der Waals surface area (Å²) in [6.45, 7) is 0.942. The Balaban J connectivity index is 1.98. The van der Waals surface area contributed by atoms with Crippen LogP contribution in [0.1, 0.15) is 17.2 Å². The van der Waals surface area contributed by atoms with Crippen molar-refractivity contribution in [3.8, 4) is 11.5 Å². The molecule has 1 unspecified atom stereocenters. The maximum atomic E-state index is 14.0. The molecule has 0 aromatic heterocycles. The standard InChI is InChI=1S/C15H12BrF2NO2/c16-10-7-11(17)9(6-12(10)18)15(19)8-1-2-13-14(5-8)21-4-3-20-13/h1-2,5-7,15H,3-4,19H2. The fourth-order valence-electron chi connectivity index (χ4n) is 2.21. The van der Waals surface area contributed by atoms with Crippen LogP contribution in [0.25, 0.3) is 0 Å². The van der Waals surface area contributed by atoms with E-state index in [2.05, 4.69) is 15.9 Å². The topological polar surface area (TPSA) is 44.5 Å². The lowest BCUT2D eigenvalue weighted by Gasteiger charge is -2.21. The van der Waals surface area contributed by atoms with Gasteiger partial charge in [0.1, 0.15) is 24.8 Å². The first kappa shape index (κ1) is 14.3. The van der Waals surface area contributed by atoms with E-state index in [9.17, 15) is 8.78 Å². The molecule has 0 saturated heterocycles.